The predicted octanol–water partition coefficient (Wildman–Crippen LogP) is 4.53. The number of hydrogen-bond donors (Lipinski definition) is 1. The van der Waals surface area contributed by atoms with E-state index in [4.69, 9.17) is 0 Å². The molecule has 1 amide bonds. The van der Waals surface area contributed by atoms with E-state index in [-0.39, 0.29) is 11.3 Å². The fraction of sp³-hybridized carbons (Fsp3) is 0.133. The van der Waals surface area contributed by atoms with Crippen molar-refractivity contribution >= 4 is 51.2 Å². The molecular weight excluding hydrogens is 380 g/mol. The van der Waals surface area contributed by atoms with E-state index < -0.39 is 10.8 Å². The van der Waals surface area contributed by atoms with Crippen molar-refractivity contribution < 1.29 is 9.72 Å². The summed E-state index contributed by atoms with van der Waals surface area (Å²) in [5.74, 6) is -0.431. The molecule has 0 fully saturated rings. The summed E-state index contributed by atoms with van der Waals surface area (Å²) >= 11 is 3.98. The van der Waals surface area contributed by atoms with E-state index in [9.17, 15) is 14.9 Å². The van der Waals surface area contributed by atoms with E-state index in [1.165, 1.54) is 40.5 Å². The minimum Gasteiger partial charge on any atom is -0.298 e. The SMILES string of the molecule is Cc1csc(Sc2ccc(C(=O)Nc3ncc(C)s3)cc2[N+](=O)[O-])n1. The molecule has 2 aromatic heterocycles. The van der Waals surface area contributed by atoms with Gasteiger partial charge in [-0.15, -0.1) is 22.7 Å². The van der Waals surface area contributed by atoms with Crippen LogP contribution in [0.15, 0.2) is 39.0 Å². The zero-order valence-corrected chi connectivity index (χ0v) is 15.6. The minimum atomic E-state index is -0.493. The zero-order chi connectivity index (χ0) is 18.0. The summed E-state index contributed by atoms with van der Waals surface area (Å²) in [6, 6.07) is 4.41. The molecule has 0 aliphatic rings. The second kappa shape index (κ2) is 7.30. The Morgan fingerprint density at radius 1 is 1.36 bits per heavy atom. The van der Waals surface area contributed by atoms with Crippen LogP contribution in [0.4, 0.5) is 10.8 Å². The molecule has 0 atom stereocenters. The fourth-order valence-corrected chi connectivity index (χ4v) is 4.48. The highest BCUT2D eigenvalue weighted by Gasteiger charge is 2.20. The van der Waals surface area contributed by atoms with Gasteiger partial charge in [0.25, 0.3) is 11.6 Å². The van der Waals surface area contributed by atoms with Crippen LogP contribution in [0.2, 0.25) is 0 Å². The molecular formula is C15H12N4O3S3. The van der Waals surface area contributed by atoms with Crippen molar-refractivity contribution in [2.45, 2.75) is 23.1 Å². The molecule has 0 radical (unpaired) electrons. The van der Waals surface area contributed by atoms with Crippen LogP contribution in [0.3, 0.4) is 0 Å². The molecule has 2 heterocycles. The van der Waals surface area contributed by atoms with Gasteiger partial charge in [-0.1, -0.05) is 11.8 Å². The van der Waals surface area contributed by atoms with E-state index in [1.54, 1.807) is 18.3 Å². The number of nitro benzene ring substituents is 1. The monoisotopic (exact) mass is 392 g/mol. The number of hydrogen-bond acceptors (Lipinski definition) is 8. The molecule has 128 valence electrons. The van der Waals surface area contributed by atoms with Crippen molar-refractivity contribution in [1.82, 2.24) is 9.97 Å². The highest BCUT2D eigenvalue weighted by atomic mass is 32.2. The maximum Gasteiger partial charge on any atom is 0.284 e. The van der Waals surface area contributed by atoms with Crippen LogP contribution in [0.25, 0.3) is 0 Å². The Hall–Kier alpha value is -2.30. The average Bonchev–Trinajstić information content (AvgIpc) is 3.15. The second-order valence-electron chi connectivity index (χ2n) is 5.03. The number of anilines is 1. The molecule has 0 bridgehead atoms. The Labute approximate surface area is 155 Å². The largest absolute Gasteiger partial charge is 0.298 e. The molecule has 0 aliphatic carbocycles. The first kappa shape index (κ1) is 17.5. The summed E-state index contributed by atoms with van der Waals surface area (Å²) in [5.41, 5.74) is 0.949. The highest BCUT2D eigenvalue weighted by Crippen LogP contribution is 2.36. The van der Waals surface area contributed by atoms with E-state index in [1.807, 2.05) is 19.2 Å². The first-order valence-corrected chi connectivity index (χ1v) is 9.56. The van der Waals surface area contributed by atoms with E-state index in [0.717, 1.165) is 14.9 Å². The number of rotatable bonds is 5. The molecule has 0 saturated carbocycles. The Balaban J connectivity index is 1.85. The van der Waals surface area contributed by atoms with Gasteiger partial charge in [0.05, 0.1) is 9.82 Å². The number of thiazole rings is 2. The molecule has 3 aromatic rings. The number of aryl methyl sites for hydroxylation is 2. The summed E-state index contributed by atoms with van der Waals surface area (Å²) in [6.07, 6.45) is 1.65. The molecule has 0 saturated heterocycles. The van der Waals surface area contributed by atoms with Gasteiger partial charge in [0.2, 0.25) is 0 Å². The molecule has 0 aliphatic heterocycles. The summed E-state index contributed by atoms with van der Waals surface area (Å²) in [6.45, 7) is 3.74. The Morgan fingerprint density at radius 2 is 2.16 bits per heavy atom. The van der Waals surface area contributed by atoms with Gasteiger partial charge in [0.1, 0.15) is 0 Å². The lowest BCUT2D eigenvalue weighted by atomic mass is 10.2. The maximum atomic E-state index is 12.3. The maximum absolute atomic E-state index is 12.3. The van der Waals surface area contributed by atoms with Crippen LogP contribution in [-0.4, -0.2) is 20.8 Å². The number of nitro groups is 1. The van der Waals surface area contributed by atoms with Gasteiger partial charge < -0.3 is 0 Å². The van der Waals surface area contributed by atoms with Crippen LogP contribution >= 0.6 is 34.4 Å². The number of amides is 1. The topological polar surface area (TPSA) is 98.0 Å². The lowest BCUT2D eigenvalue weighted by molar-refractivity contribution is -0.387. The normalized spacial score (nSPS) is 10.6. The average molecular weight is 392 g/mol. The van der Waals surface area contributed by atoms with Crippen LogP contribution in [0.5, 0.6) is 0 Å². The molecule has 3 rings (SSSR count). The summed E-state index contributed by atoms with van der Waals surface area (Å²) in [7, 11) is 0. The van der Waals surface area contributed by atoms with Crippen molar-refractivity contribution in [3.8, 4) is 0 Å². The molecule has 7 nitrogen and oxygen atoms in total. The molecule has 25 heavy (non-hydrogen) atoms. The van der Waals surface area contributed by atoms with Gasteiger partial charge in [0.15, 0.2) is 9.47 Å². The van der Waals surface area contributed by atoms with Crippen LogP contribution in [0.1, 0.15) is 20.9 Å². The number of benzene rings is 1. The highest BCUT2D eigenvalue weighted by molar-refractivity contribution is 8.01. The number of carbonyl (C=O) groups is 1. The van der Waals surface area contributed by atoms with Crippen LogP contribution in [0, 0.1) is 24.0 Å². The fourth-order valence-electron chi connectivity index (χ4n) is 1.94. The van der Waals surface area contributed by atoms with Crippen LogP contribution in [-0.2, 0) is 0 Å². The van der Waals surface area contributed by atoms with Gasteiger partial charge in [-0.2, -0.15) is 0 Å². The van der Waals surface area contributed by atoms with E-state index in [0.29, 0.717) is 10.0 Å². The van der Waals surface area contributed by atoms with Gasteiger partial charge in [0, 0.05) is 33.8 Å². The van der Waals surface area contributed by atoms with Gasteiger partial charge in [-0.05, 0) is 26.0 Å². The minimum absolute atomic E-state index is 0.124. The lowest BCUT2D eigenvalue weighted by Gasteiger charge is -2.05. The van der Waals surface area contributed by atoms with Gasteiger partial charge in [-0.3, -0.25) is 20.2 Å². The van der Waals surface area contributed by atoms with Crippen molar-refractivity contribution in [2.75, 3.05) is 5.32 Å². The molecule has 0 spiro atoms. The van der Waals surface area contributed by atoms with Crippen molar-refractivity contribution in [1.29, 1.82) is 0 Å². The standard InChI is InChI=1S/C15H12N4O3S3/c1-8-7-23-15(17-8)25-12-4-3-10(5-11(12)19(21)22)13(20)18-14-16-6-9(2)24-14/h3-7H,1-2H3,(H,16,18,20). The summed E-state index contributed by atoms with van der Waals surface area (Å²) in [4.78, 5) is 32.9. The Kier molecular flexibility index (Phi) is 5.11. The van der Waals surface area contributed by atoms with Crippen LogP contribution < -0.4 is 5.32 Å². The van der Waals surface area contributed by atoms with Crippen molar-refractivity contribution in [3.05, 3.63) is 56.0 Å². The predicted molar refractivity (Wildman–Crippen MR) is 98.9 cm³/mol. The third-order valence-corrected chi connectivity index (χ3v) is 6.00. The zero-order valence-electron chi connectivity index (χ0n) is 13.2. The first-order valence-electron chi connectivity index (χ1n) is 7.04. The molecule has 1 N–H and O–H groups in total. The second-order valence-corrected chi connectivity index (χ2v) is 8.41. The number of carbonyl (C=O) groups excluding carboxylic acids is 1. The third kappa shape index (κ3) is 4.21. The summed E-state index contributed by atoms with van der Waals surface area (Å²) in [5, 5.41) is 16.4. The van der Waals surface area contributed by atoms with E-state index >= 15 is 0 Å². The lowest BCUT2D eigenvalue weighted by Crippen LogP contribution is -2.12. The van der Waals surface area contributed by atoms with E-state index in [2.05, 4.69) is 15.3 Å². The van der Waals surface area contributed by atoms with Gasteiger partial charge in [-0.25, -0.2) is 9.97 Å². The quantitative estimate of drug-likeness (QED) is 0.506. The molecule has 10 heteroatoms. The Morgan fingerprint density at radius 3 is 2.76 bits per heavy atom. The van der Waals surface area contributed by atoms with Gasteiger partial charge >= 0.3 is 0 Å². The molecule has 0 unspecified atom stereocenters. The van der Waals surface area contributed by atoms with Crippen molar-refractivity contribution in [2.24, 2.45) is 0 Å². The molecule has 1 aromatic carbocycles. The summed E-state index contributed by atoms with van der Waals surface area (Å²) < 4.78 is 0.719. The smallest absolute Gasteiger partial charge is 0.284 e. The number of aromatic nitrogens is 2. The number of nitrogens with zero attached hydrogens (tertiary/aromatic N) is 3. The third-order valence-electron chi connectivity index (χ3n) is 3.05. The first-order chi connectivity index (χ1) is 11.9. The Bertz CT molecular complexity index is 951. The number of nitrogens with one attached hydrogen (secondary N) is 1. The van der Waals surface area contributed by atoms with Crippen molar-refractivity contribution in [3.63, 3.8) is 0 Å².